The summed E-state index contributed by atoms with van der Waals surface area (Å²) in [5.41, 5.74) is 4.56. The smallest absolute Gasteiger partial charge is 0.240 e. The summed E-state index contributed by atoms with van der Waals surface area (Å²) in [6.07, 6.45) is -0.377. The van der Waals surface area contributed by atoms with Gasteiger partial charge in [0.05, 0.1) is 11.1 Å². The van der Waals surface area contributed by atoms with E-state index in [1.165, 1.54) is 24.3 Å². The number of aromatic nitrogens is 2. The van der Waals surface area contributed by atoms with E-state index in [0.717, 1.165) is 22.2 Å². The molecule has 2 atom stereocenters. The number of para-hydroxylation sites is 4. The molecule has 2 unspecified atom stereocenters. The number of oxazole rings is 2. The van der Waals surface area contributed by atoms with Crippen LogP contribution in [0.4, 0.5) is 0 Å². The van der Waals surface area contributed by atoms with Crippen molar-refractivity contribution in [3.63, 3.8) is 0 Å². The van der Waals surface area contributed by atoms with Gasteiger partial charge in [0.15, 0.2) is 16.9 Å². The molecular weight excluding hydrogens is 713 g/mol. The number of fused-ring (bicyclic) bond motifs is 2. The Hall–Kier alpha value is -7.27. The van der Waals surface area contributed by atoms with Crippen LogP contribution in [0.15, 0.2) is 142 Å². The second-order valence-electron chi connectivity index (χ2n) is 12.9. The lowest BCUT2D eigenvalue weighted by atomic mass is 10.0. The zero-order chi connectivity index (χ0) is 38.6. The van der Waals surface area contributed by atoms with Crippen molar-refractivity contribution in [1.29, 1.82) is 0 Å². The van der Waals surface area contributed by atoms with Gasteiger partial charge in [0.1, 0.15) is 45.5 Å². The number of hydrogen-bond donors (Lipinski definition) is 2. The zero-order valence-corrected chi connectivity index (χ0v) is 30.4. The standard InChI is InChI=1S/C45H36N2O9/c1-3-41(51-29-17-13-27(14-18-29)44-46-35-9-5-7-11-39(35)55-44)53-31-21-23-33(37(48)25-31)43(50)34-24-22-32(26-38(34)49)54-42(4-2)52-30-19-15-28(16-20-30)45-47-36-10-6-8-12-40(36)56-45/h5-26,41-42,48-49H,3-4H2,1-2H3. The number of aromatic hydroxyl groups is 2. The molecule has 6 aromatic carbocycles. The number of nitrogens with zero attached hydrogens (tertiary/aromatic N) is 2. The Bertz CT molecular complexity index is 2380. The van der Waals surface area contributed by atoms with E-state index in [9.17, 15) is 15.0 Å². The SMILES string of the molecule is CCC(Oc1ccc(-c2nc3ccccc3o2)cc1)Oc1ccc(C(=O)c2ccc(OC(CC)Oc3ccc(-c4nc5ccccc5o4)cc3)cc2O)c(O)c1. The summed E-state index contributed by atoms with van der Waals surface area (Å²) in [4.78, 5) is 22.5. The molecule has 2 heterocycles. The molecule has 0 saturated carbocycles. The van der Waals surface area contributed by atoms with Crippen molar-refractivity contribution in [2.75, 3.05) is 0 Å². The topological polar surface area (TPSA) is 147 Å². The maximum atomic E-state index is 13.4. The zero-order valence-electron chi connectivity index (χ0n) is 30.4. The number of carbonyl (C=O) groups excluding carboxylic acids is 1. The van der Waals surface area contributed by atoms with Crippen molar-refractivity contribution in [3.8, 4) is 57.4 Å². The van der Waals surface area contributed by atoms with Crippen LogP contribution in [0, 0.1) is 0 Å². The predicted octanol–water partition coefficient (Wildman–Crippen LogP) is 10.3. The van der Waals surface area contributed by atoms with Gasteiger partial charge in [-0.05, 0) is 97.1 Å². The number of benzene rings is 6. The molecule has 0 amide bonds. The van der Waals surface area contributed by atoms with Gasteiger partial charge in [-0.15, -0.1) is 0 Å². The van der Waals surface area contributed by atoms with E-state index in [1.807, 2.05) is 86.6 Å². The Morgan fingerprint density at radius 2 is 0.911 bits per heavy atom. The van der Waals surface area contributed by atoms with Crippen molar-refractivity contribution in [1.82, 2.24) is 9.97 Å². The number of carbonyl (C=O) groups is 1. The minimum Gasteiger partial charge on any atom is -0.507 e. The molecule has 0 aliphatic carbocycles. The van der Waals surface area contributed by atoms with Gasteiger partial charge in [-0.3, -0.25) is 4.79 Å². The average molecular weight is 749 g/mol. The molecule has 0 aliphatic heterocycles. The van der Waals surface area contributed by atoms with Crippen LogP contribution in [0.1, 0.15) is 42.6 Å². The first-order chi connectivity index (χ1) is 27.3. The molecule has 0 spiro atoms. The fourth-order valence-corrected chi connectivity index (χ4v) is 6.03. The van der Waals surface area contributed by atoms with Crippen LogP contribution in [0.25, 0.3) is 45.1 Å². The molecule has 8 rings (SSSR count). The third-order valence-electron chi connectivity index (χ3n) is 8.95. The molecule has 2 N–H and O–H groups in total. The molecule has 2 aromatic heterocycles. The lowest BCUT2D eigenvalue weighted by Gasteiger charge is -2.20. The Morgan fingerprint density at radius 1 is 0.536 bits per heavy atom. The van der Waals surface area contributed by atoms with E-state index in [0.29, 0.717) is 58.8 Å². The lowest BCUT2D eigenvalue weighted by Crippen LogP contribution is -2.23. The van der Waals surface area contributed by atoms with Gasteiger partial charge in [-0.2, -0.15) is 0 Å². The summed E-state index contributed by atoms with van der Waals surface area (Å²) >= 11 is 0. The first-order valence-corrected chi connectivity index (χ1v) is 18.1. The van der Waals surface area contributed by atoms with Crippen molar-refractivity contribution >= 4 is 28.0 Å². The summed E-state index contributed by atoms with van der Waals surface area (Å²) in [6, 6.07) is 38.4. The number of phenolic OH excluding ortho intramolecular Hbond substituents is 2. The normalized spacial score (nSPS) is 12.3. The molecule has 11 heteroatoms. The molecular formula is C45H36N2O9. The van der Waals surface area contributed by atoms with Gasteiger partial charge >= 0.3 is 0 Å². The molecule has 0 aliphatic rings. The Balaban J connectivity index is 0.876. The minimum absolute atomic E-state index is 0.0128. The minimum atomic E-state index is -0.682. The third-order valence-corrected chi connectivity index (χ3v) is 8.95. The molecule has 8 aromatic rings. The first-order valence-electron chi connectivity index (χ1n) is 18.1. The van der Waals surface area contributed by atoms with Crippen LogP contribution in [0.3, 0.4) is 0 Å². The van der Waals surface area contributed by atoms with E-state index < -0.39 is 18.4 Å². The van der Waals surface area contributed by atoms with Crippen molar-refractivity contribution in [3.05, 3.63) is 145 Å². The lowest BCUT2D eigenvalue weighted by molar-refractivity contribution is 0.00286. The fourth-order valence-electron chi connectivity index (χ4n) is 6.03. The van der Waals surface area contributed by atoms with E-state index in [4.69, 9.17) is 27.8 Å². The third kappa shape index (κ3) is 7.69. The van der Waals surface area contributed by atoms with Gasteiger partial charge < -0.3 is 38.0 Å². The van der Waals surface area contributed by atoms with Crippen LogP contribution in [0.2, 0.25) is 0 Å². The summed E-state index contributed by atoms with van der Waals surface area (Å²) in [6.45, 7) is 3.80. The number of ether oxygens (including phenoxy) is 4. The highest BCUT2D eigenvalue weighted by molar-refractivity contribution is 6.12. The van der Waals surface area contributed by atoms with Gasteiger partial charge in [0, 0.05) is 36.1 Å². The second-order valence-corrected chi connectivity index (χ2v) is 12.9. The number of phenols is 2. The van der Waals surface area contributed by atoms with Crippen molar-refractivity contribution < 1.29 is 42.8 Å². The Morgan fingerprint density at radius 3 is 1.29 bits per heavy atom. The first kappa shape index (κ1) is 35.7. The maximum Gasteiger partial charge on any atom is 0.240 e. The van der Waals surface area contributed by atoms with Gasteiger partial charge in [0.2, 0.25) is 24.4 Å². The second kappa shape index (κ2) is 15.6. The maximum absolute atomic E-state index is 13.4. The number of rotatable bonds is 14. The highest BCUT2D eigenvalue weighted by atomic mass is 16.7. The Kier molecular flexibility index (Phi) is 9.96. The van der Waals surface area contributed by atoms with Crippen LogP contribution in [-0.2, 0) is 0 Å². The van der Waals surface area contributed by atoms with Gasteiger partial charge in [-0.1, -0.05) is 38.1 Å². The van der Waals surface area contributed by atoms with Crippen LogP contribution in [0.5, 0.6) is 34.5 Å². The summed E-state index contributed by atoms with van der Waals surface area (Å²) in [5, 5.41) is 21.7. The van der Waals surface area contributed by atoms with E-state index in [-0.39, 0.29) is 22.6 Å². The quantitative estimate of drug-likeness (QED) is 0.0809. The van der Waals surface area contributed by atoms with E-state index >= 15 is 0 Å². The van der Waals surface area contributed by atoms with Crippen molar-refractivity contribution in [2.45, 2.75) is 39.3 Å². The van der Waals surface area contributed by atoms with E-state index in [1.54, 1.807) is 36.4 Å². The van der Waals surface area contributed by atoms with Crippen molar-refractivity contribution in [2.24, 2.45) is 0 Å². The largest absolute Gasteiger partial charge is 0.507 e. The fraction of sp³-hybridized carbons (Fsp3) is 0.133. The molecule has 0 saturated heterocycles. The van der Waals surface area contributed by atoms with Gasteiger partial charge in [0.25, 0.3) is 0 Å². The summed E-state index contributed by atoms with van der Waals surface area (Å²) < 4.78 is 35.8. The molecule has 0 bridgehead atoms. The molecule has 0 fully saturated rings. The van der Waals surface area contributed by atoms with Gasteiger partial charge in [-0.25, -0.2) is 9.97 Å². The summed E-state index contributed by atoms with van der Waals surface area (Å²) in [5.74, 6) is 1.55. The van der Waals surface area contributed by atoms with Crippen LogP contribution >= 0.6 is 0 Å². The highest BCUT2D eigenvalue weighted by Crippen LogP contribution is 2.33. The molecule has 11 nitrogen and oxygen atoms in total. The van der Waals surface area contributed by atoms with E-state index in [2.05, 4.69) is 9.97 Å². The molecule has 56 heavy (non-hydrogen) atoms. The highest BCUT2D eigenvalue weighted by Gasteiger charge is 2.21. The molecule has 280 valence electrons. The number of ketones is 1. The average Bonchev–Trinajstić information content (AvgIpc) is 3.86. The summed E-state index contributed by atoms with van der Waals surface area (Å²) in [7, 11) is 0. The molecule has 0 radical (unpaired) electrons. The Labute approximate surface area is 321 Å². The van der Waals surface area contributed by atoms with Crippen LogP contribution < -0.4 is 18.9 Å². The predicted molar refractivity (Wildman–Crippen MR) is 209 cm³/mol. The monoisotopic (exact) mass is 748 g/mol. The van der Waals surface area contributed by atoms with Crippen LogP contribution in [-0.4, -0.2) is 38.5 Å². The number of hydrogen-bond acceptors (Lipinski definition) is 11.